The normalized spacial score (nSPS) is 21.9. The number of phosphoric acid groups is 1. The van der Waals surface area contributed by atoms with Crippen LogP contribution in [0.15, 0.2) is 0 Å². The van der Waals surface area contributed by atoms with Gasteiger partial charge in [0.15, 0.2) is 0 Å². The van der Waals surface area contributed by atoms with Gasteiger partial charge in [-0.05, 0) is 12.8 Å². The van der Waals surface area contributed by atoms with Crippen LogP contribution in [0.1, 0.15) is 271 Å². The molecule has 0 aromatic heterocycles. The molecule has 13 heteroatoms. The largest absolute Gasteiger partial charge is 0.472 e. The Morgan fingerprint density at radius 2 is 0.738 bits per heavy atom. The molecule has 1 amide bonds. The van der Waals surface area contributed by atoms with Gasteiger partial charge in [0.2, 0.25) is 5.91 Å². The zero-order valence-corrected chi connectivity index (χ0v) is 42.7. The van der Waals surface area contributed by atoms with E-state index < -0.39 is 63.2 Å². The van der Waals surface area contributed by atoms with Crippen LogP contribution in [-0.2, 0) is 18.4 Å². The number of unbranched alkanes of at least 4 members (excludes halogenated alkanes) is 36. The van der Waals surface area contributed by atoms with Crippen LogP contribution >= 0.6 is 7.82 Å². The van der Waals surface area contributed by atoms with Crippen molar-refractivity contribution in [1.29, 1.82) is 0 Å². The average Bonchev–Trinajstić information content (AvgIpc) is 3.29. The number of carbonyl (C=O) groups excluding carboxylic acids is 1. The van der Waals surface area contributed by atoms with Crippen LogP contribution in [0, 0.1) is 0 Å². The Morgan fingerprint density at radius 3 is 1.06 bits per heavy atom. The van der Waals surface area contributed by atoms with Crippen molar-refractivity contribution in [3.8, 4) is 0 Å². The second kappa shape index (κ2) is 42.2. The molecule has 9 atom stereocenters. The molecule has 6 unspecified atom stereocenters. The second-order valence-electron chi connectivity index (χ2n) is 19.8. The zero-order chi connectivity index (χ0) is 47.8. The van der Waals surface area contributed by atoms with Gasteiger partial charge in [-0.2, -0.15) is 0 Å². The molecular weight excluding hydrogens is 846 g/mol. The monoisotopic (exact) mass is 950 g/mol. The molecule has 1 aliphatic carbocycles. The second-order valence-corrected chi connectivity index (χ2v) is 21.2. The summed E-state index contributed by atoms with van der Waals surface area (Å²) in [7, 11) is -5.06. The highest BCUT2D eigenvalue weighted by Crippen LogP contribution is 2.47. The summed E-state index contributed by atoms with van der Waals surface area (Å²) >= 11 is 0. The highest BCUT2D eigenvalue weighted by atomic mass is 31.2. The number of hydrogen-bond acceptors (Lipinski definition) is 10. The molecule has 65 heavy (non-hydrogen) atoms. The molecule has 0 heterocycles. The minimum atomic E-state index is -5.06. The molecule has 1 fully saturated rings. The first kappa shape index (κ1) is 62.4. The van der Waals surface area contributed by atoms with E-state index in [0.717, 1.165) is 38.5 Å². The van der Waals surface area contributed by atoms with Gasteiger partial charge in [0.05, 0.1) is 18.8 Å². The molecule has 0 saturated heterocycles. The number of aliphatic hydroxyl groups excluding tert-OH is 6. The Labute approximate surface area is 397 Å². The van der Waals surface area contributed by atoms with E-state index in [0.29, 0.717) is 19.3 Å². The third-order valence-corrected chi connectivity index (χ3v) is 14.7. The standard InChI is InChI=1S/C52H104NO11P/c1-3-5-7-9-11-13-15-17-19-21-22-23-24-26-28-30-32-34-36-38-40-42-46(55)53-44(43-63-65(61,62)64-52-50(59)48(57)47(56)49(58)51(52)60)45(54)41-39-37-35-33-31-29-27-25-20-18-16-14-12-10-8-6-4-2/h44-45,47-52,54,56-60H,3-43H2,1-2H3,(H,53,55)(H,61,62)/t44-,45+,47?,48+,49?,50?,51?,52?/m0/s1. The summed E-state index contributed by atoms with van der Waals surface area (Å²) in [5.74, 6) is -0.301. The number of rotatable bonds is 47. The molecule has 388 valence electrons. The van der Waals surface area contributed by atoms with Crippen LogP contribution in [0.2, 0.25) is 0 Å². The van der Waals surface area contributed by atoms with Gasteiger partial charge in [-0.1, -0.05) is 251 Å². The summed E-state index contributed by atoms with van der Waals surface area (Å²) in [5, 5.41) is 64.4. The lowest BCUT2D eigenvalue weighted by atomic mass is 9.85. The molecule has 0 aromatic rings. The molecule has 0 aliphatic heterocycles. The van der Waals surface area contributed by atoms with Crippen LogP contribution in [0.5, 0.6) is 0 Å². The first-order chi connectivity index (χ1) is 31.4. The van der Waals surface area contributed by atoms with Gasteiger partial charge >= 0.3 is 7.82 Å². The molecule has 1 saturated carbocycles. The smallest absolute Gasteiger partial charge is 0.391 e. The average molecular weight is 950 g/mol. The molecule has 0 radical (unpaired) electrons. The van der Waals surface area contributed by atoms with E-state index in [1.54, 1.807) is 0 Å². The van der Waals surface area contributed by atoms with Crippen molar-refractivity contribution >= 4 is 13.7 Å². The number of aliphatic hydroxyl groups is 6. The summed E-state index contributed by atoms with van der Waals surface area (Å²) in [6.45, 7) is 3.94. The first-order valence-corrected chi connectivity index (χ1v) is 29.0. The van der Waals surface area contributed by atoms with Crippen molar-refractivity contribution in [3.05, 3.63) is 0 Å². The van der Waals surface area contributed by atoms with E-state index in [2.05, 4.69) is 19.2 Å². The van der Waals surface area contributed by atoms with E-state index in [-0.39, 0.29) is 12.3 Å². The predicted molar refractivity (Wildman–Crippen MR) is 265 cm³/mol. The van der Waals surface area contributed by atoms with Crippen molar-refractivity contribution in [3.63, 3.8) is 0 Å². The molecule has 1 aliphatic rings. The minimum Gasteiger partial charge on any atom is -0.391 e. The summed E-state index contributed by atoms with van der Waals surface area (Å²) in [6.07, 6.45) is 35.6. The Hall–Kier alpha value is -0.660. The third kappa shape index (κ3) is 33.5. The molecule has 1 rings (SSSR count). The highest BCUT2D eigenvalue weighted by Gasteiger charge is 2.51. The molecular formula is C52H104NO11P. The van der Waals surface area contributed by atoms with Gasteiger partial charge in [0.25, 0.3) is 0 Å². The Kier molecular flexibility index (Phi) is 40.5. The van der Waals surface area contributed by atoms with Crippen LogP contribution in [0.4, 0.5) is 0 Å². The number of carbonyl (C=O) groups is 1. The Balaban J connectivity index is 2.35. The highest BCUT2D eigenvalue weighted by molar-refractivity contribution is 7.47. The van der Waals surface area contributed by atoms with Crippen LogP contribution in [-0.4, -0.2) is 96.8 Å². The Morgan fingerprint density at radius 1 is 0.462 bits per heavy atom. The lowest BCUT2D eigenvalue weighted by Crippen LogP contribution is -2.64. The molecule has 0 bridgehead atoms. The topological polar surface area (TPSA) is 206 Å². The zero-order valence-electron chi connectivity index (χ0n) is 41.8. The lowest BCUT2D eigenvalue weighted by molar-refractivity contribution is -0.220. The van der Waals surface area contributed by atoms with Gasteiger partial charge in [0.1, 0.15) is 36.6 Å². The van der Waals surface area contributed by atoms with E-state index in [9.17, 15) is 44.9 Å². The number of phosphoric ester groups is 1. The number of nitrogens with one attached hydrogen (secondary N) is 1. The quantitative estimate of drug-likeness (QED) is 0.0213. The number of hydrogen-bond donors (Lipinski definition) is 8. The van der Waals surface area contributed by atoms with Gasteiger partial charge < -0.3 is 40.8 Å². The van der Waals surface area contributed by atoms with Gasteiger partial charge in [0, 0.05) is 6.42 Å². The summed E-state index contributed by atoms with van der Waals surface area (Å²) in [6, 6.07) is -1.03. The summed E-state index contributed by atoms with van der Waals surface area (Å²) in [4.78, 5) is 23.5. The number of amides is 1. The van der Waals surface area contributed by atoms with Crippen LogP contribution < -0.4 is 5.32 Å². The predicted octanol–water partition coefficient (Wildman–Crippen LogP) is 11.8. The molecule has 12 nitrogen and oxygen atoms in total. The van der Waals surface area contributed by atoms with Gasteiger partial charge in [-0.15, -0.1) is 0 Å². The van der Waals surface area contributed by atoms with Crippen molar-refractivity contribution < 1.29 is 53.9 Å². The van der Waals surface area contributed by atoms with Crippen molar-refractivity contribution in [1.82, 2.24) is 5.32 Å². The van der Waals surface area contributed by atoms with Crippen LogP contribution in [0.3, 0.4) is 0 Å². The van der Waals surface area contributed by atoms with Crippen molar-refractivity contribution in [2.24, 2.45) is 0 Å². The van der Waals surface area contributed by atoms with Crippen molar-refractivity contribution in [2.75, 3.05) is 6.61 Å². The maximum absolute atomic E-state index is 13.0. The van der Waals surface area contributed by atoms with Gasteiger partial charge in [-0.3, -0.25) is 13.8 Å². The first-order valence-electron chi connectivity index (χ1n) is 27.5. The van der Waals surface area contributed by atoms with E-state index in [1.165, 1.54) is 193 Å². The van der Waals surface area contributed by atoms with Crippen molar-refractivity contribution in [2.45, 2.75) is 319 Å². The summed E-state index contributed by atoms with van der Waals surface area (Å²) < 4.78 is 23.1. The minimum absolute atomic E-state index is 0.243. The van der Waals surface area contributed by atoms with Gasteiger partial charge in [-0.25, -0.2) is 4.57 Å². The fraction of sp³-hybridized carbons (Fsp3) is 0.981. The lowest BCUT2D eigenvalue weighted by Gasteiger charge is -2.41. The maximum Gasteiger partial charge on any atom is 0.472 e. The molecule has 8 N–H and O–H groups in total. The fourth-order valence-electron chi connectivity index (χ4n) is 9.21. The Bertz CT molecular complexity index is 1100. The fourth-order valence-corrected chi connectivity index (χ4v) is 10.2. The molecule has 0 aromatic carbocycles. The maximum atomic E-state index is 13.0. The summed E-state index contributed by atoms with van der Waals surface area (Å²) in [5.41, 5.74) is 0. The van der Waals surface area contributed by atoms with E-state index in [1.807, 2.05) is 0 Å². The van der Waals surface area contributed by atoms with Crippen LogP contribution in [0.25, 0.3) is 0 Å². The molecule has 0 spiro atoms. The van der Waals surface area contributed by atoms with E-state index >= 15 is 0 Å². The van der Waals surface area contributed by atoms with E-state index in [4.69, 9.17) is 9.05 Å². The third-order valence-electron chi connectivity index (χ3n) is 13.7. The SMILES string of the molecule is CCCCCCCCCCCCCCCCCCCCCCCC(=O)N[C@@H](COP(=O)(O)OC1C(O)C(O)C(O)[C@@H](O)C1O)[C@H](O)CCCCCCCCCCCCCCCCCCC.